The zero-order valence-corrected chi connectivity index (χ0v) is 10.7. The number of hydrogen-bond acceptors (Lipinski definition) is 3. The zero-order valence-electron chi connectivity index (χ0n) is 10.7. The highest BCUT2D eigenvalue weighted by molar-refractivity contribution is 5.67. The van der Waals surface area contributed by atoms with E-state index in [1.54, 1.807) is 0 Å². The van der Waals surface area contributed by atoms with Crippen molar-refractivity contribution >= 4 is 5.97 Å². The number of halogens is 1. The summed E-state index contributed by atoms with van der Waals surface area (Å²) in [6.07, 6.45) is -0.0686. The molecule has 0 saturated carbocycles. The molecular weight excluding hydrogens is 239 g/mol. The maximum atomic E-state index is 13.7. The predicted octanol–water partition coefficient (Wildman–Crippen LogP) is 2.64. The first-order valence-electron chi connectivity index (χ1n) is 5.69. The third kappa shape index (κ3) is 3.91. The Bertz CT molecular complexity index is 429. The number of benzene rings is 1. The number of ether oxygens (including phenoxy) is 2. The van der Waals surface area contributed by atoms with E-state index in [4.69, 9.17) is 14.6 Å². The van der Waals surface area contributed by atoms with Gasteiger partial charge in [0.05, 0.1) is 13.2 Å². The molecular formula is C13H17FO4. The van der Waals surface area contributed by atoms with Gasteiger partial charge in [0.2, 0.25) is 0 Å². The summed E-state index contributed by atoms with van der Waals surface area (Å²) in [4.78, 5) is 10.5. The molecule has 0 radical (unpaired) electrons. The molecule has 1 aromatic rings. The van der Waals surface area contributed by atoms with Crippen LogP contribution in [-0.4, -0.2) is 24.3 Å². The topological polar surface area (TPSA) is 55.8 Å². The molecule has 5 heteroatoms. The van der Waals surface area contributed by atoms with Crippen molar-refractivity contribution in [2.45, 2.75) is 32.8 Å². The molecule has 0 spiro atoms. The van der Waals surface area contributed by atoms with Crippen LogP contribution in [0, 0.1) is 5.82 Å². The minimum atomic E-state index is -0.962. The molecule has 4 nitrogen and oxygen atoms in total. The molecule has 0 amide bonds. The van der Waals surface area contributed by atoms with Gasteiger partial charge in [-0.3, -0.25) is 4.79 Å². The number of carboxylic acid groups (broad SMARTS) is 1. The van der Waals surface area contributed by atoms with Crippen LogP contribution in [0.25, 0.3) is 0 Å². The Labute approximate surface area is 105 Å². The normalized spacial score (nSPS) is 10.5. The molecule has 1 rings (SSSR count). The summed E-state index contributed by atoms with van der Waals surface area (Å²) in [5, 5.41) is 8.60. The Balaban J connectivity index is 3.00. The summed E-state index contributed by atoms with van der Waals surface area (Å²) in [7, 11) is 1.43. The van der Waals surface area contributed by atoms with Crippen molar-refractivity contribution in [2.24, 2.45) is 0 Å². The number of aryl methyl sites for hydroxylation is 1. The molecule has 0 saturated heterocycles. The molecule has 0 heterocycles. The lowest BCUT2D eigenvalue weighted by atomic mass is 10.1. The SMILES string of the molecule is COc1cc(F)c(CCC(=O)O)cc1OC(C)C. The summed E-state index contributed by atoms with van der Waals surface area (Å²) in [6, 6.07) is 2.71. The van der Waals surface area contributed by atoms with Crippen LogP contribution >= 0.6 is 0 Å². The first-order chi connectivity index (χ1) is 8.43. The number of methoxy groups -OCH3 is 1. The second-order valence-corrected chi connectivity index (χ2v) is 4.15. The number of carbonyl (C=O) groups is 1. The summed E-state index contributed by atoms with van der Waals surface area (Å²) >= 11 is 0. The molecule has 100 valence electrons. The van der Waals surface area contributed by atoms with Gasteiger partial charge in [-0.15, -0.1) is 0 Å². The van der Waals surface area contributed by atoms with Crippen LogP contribution in [0.3, 0.4) is 0 Å². The predicted molar refractivity (Wildman–Crippen MR) is 64.7 cm³/mol. The van der Waals surface area contributed by atoms with E-state index in [0.29, 0.717) is 17.1 Å². The van der Waals surface area contributed by atoms with Gasteiger partial charge in [-0.05, 0) is 31.9 Å². The van der Waals surface area contributed by atoms with Gasteiger partial charge in [0.1, 0.15) is 5.82 Å². The monoisotopic (exact) mass is 256 g/mol. The van der Waals surface area contributed by atoms with Crippen molar-refractivity contribution in [2.75, 3.05) is 7.11 Å². The summed E-state index contributed by atoms with van der Waals surface area (Å²) in [5.74, 6) is -0.713. The highest BCUT2D eigenvalue weighted by atomic mass is 19.1. The Morgan fingerprint density at radius 1 is 1.39 bits per heavy atom. The van der Waals surface area contributed by atoms with Crippen molar-refractivity contribution < 1.29 is 23.8 Å². The lowest BCUT2D eigenvalue weighted by Crippen LogP contribution is -2.08. The lowest BCUT2D eigenvalue weighted by Gasteiger charge is -2.15. The van der Waals surface area contributed by atoms with E-state index in [2.05, 4.69) is 0 Å². The van der Waals surface area contributed by atoms with Gasteiger partial charge in [0.15, 0.2) is 11.5 Å². The van der Waals surface area contributed by atoms with Crippen LogP contribution in [0.2, 0.25) is 0 Å². The highest BCUT2D eigenvalue weighted by Gasteiger charge is 2.13. The van der Waals surface area contributed by atoms with E-state index >= 15 is 0 Å². The summed E-state index contributed by atoms with van der Waals surface area (Å²) in [6.45, 7) is 3.69. The molecule has 0 fully saturated rings. The van der Waals surface area contributed by atoms with E-state index in [0.717, 1.165) is 0 Å². The second kappa shape index (κ2) is 6.23. The van der Waals surface area contributed by atoms with Crippen LogP contribution in [0.1, 0.15) is 25.8 Å². The quantitative estimate of drug-likeness (QED) is 0.850. The molecule has 0 aliphatic carbocycles. The first-order valence-corrected chi connectivity index (χ1v) is 5.69. The third-order valence-electron chi connectivity index (χ3n) is 2.30. The van der Waals surface area contributed by atoms with Crippen LogP contribution in [0.15, 0.2) is 12.1 Å². The zero-order chi connectivity index (χ0) is 13.7. The maximum Gasteiger partial charge on any atom is 0.303 e. The Morgan fingerprint density at radius 3 is 2.56 bits per heavy atom. The van der Waals surface area contributed by atoms with E-state index in [1.807, 2.05) is 13.8 Å². The standard InChI is InChI=1S/C13H17FO4/c1-8(2)18-12-6-9(4-5-13(15)16)10(14)7-11(12)17-3/h6-8H,4-5H2,1-3H3,(H,15,16). The molecule has 0 aliphatic rings. The summed E-state index contributed by atoms with van der Waals surface area (Å²) in [5.41, 5.74) is 0.314. The van der Waals surface area contributed by atoms with Gasteiger partial charge >= 0.3 is 5.97 Å². The minimum Gasteiger partial charge on any atom is -0.493 e. The molecule has 0 bridgehead atoms. The van der Waals surface area contributed by atoms with Gasteiger partial charge in [-0.1, -0.05) is 0 Å². The fourth-order valence-corrected chi connectivity index (χ4v) is 1.52. The largest absolute Gasteiger partial charge is 0.493 e. The van der Waals surface area contributed by atoms with Crippen molar-refractivity contribution in [3.8, 4) is 11.5 Å². The van der Waals surface area contributed by atoms with E-state index < -0.39 is 11.8 Å². The highest BCUT2D eigenvalue weighted by Crippen LogP contribution is 2.31. The van der Waals surface area contributed by atoms with Gasteiger partial charge in [-0.25, -0.2) is 4.39 Å². The average Bonchev–Trinajstić information content (AvgIpc) is 2.28. The third-order valence-corrected chi connectivity index (χ3v) is 2.30. The maximum absolute atomic E-state index is 13.7. The second-order valence-electron chi connectivity index (χ2n) is 4.15. The number of rotatable bonds is 6. The van der Waals surface area contributed by atoms with Gasteiger partial charge < -0.3 is 14.6 Å². The smallest absolute Gasteiger partial charge is 0.303 e. The number of aliphatic carboxylic acids is 1. The summed E-state index contributed by atoms with van der Waals surface area (Å²) < 4.78 is 24.2. The fraction of sp³-hybridized carbons (Fsp3) is 0.462. The molecule has 0 aliphatic heterocycles. The van der Waals surface area contributed by atoms with Crippen LogP contribution < -0.4 is 9.47 Å². The number of hydrogen-bond donors (Lipinski definition) is 1. The average molecular weight is 256 g/mol. The van der Waals surface area contributed by atoms with Crippen LogP contribution in [-0.2, 0) is 11.2 Å². The molecule has 1 N–H and O–H groups in total. The van der Waals surface area contributed by atoms with Crippen molar-refractivity contribution in [1.82, 2.24) is 0 Å². The van der Waals surface area contributed by atoms with E-state index in [9.17, 15) is 9.18 Å². The van der Waals surface area contributed by atoms with Crippen LogP contribution in [0.5, 0.6) is 11.5 Å². The minimum absolute atomic E-state index is 0.0725. The van der Waals surface area contributed by atoms with Crippen molar-refractivity contribution in [3.63, 3.8) is 0 Å². The van der Waals surface area contributed by atoms with Crippen molar-refractivity contribution in [1.29, 1.82) is 0 Å². The number of carboxylic acids is 1. The molecule has 0 aromatic heterocycles. The molecule has 18 heavy (non-hydrogen) atoms. The molecule has 1 aromatic carbocycles. The Morgan fingerprint density at radius 2 is 2.06 bits per heavy atom. The van der Waals surface area contributed by atoms with Gasteiger partial charge in [-0.2, -0.15) is 0 Å². The van der Waals surface area contributed by atoms with Gasteiger partial charge in [0.25, 0.3) is 0 Å². The van der Waals surface area contributed by atoms with Crippen LogP contribution in [0.4, 0.5) is 4.39 Å². The Kier molecular flexibility index (Phi) is 4.95. The Hall–Kier alpha value is -1.78. The fourth-order valence-electron chi connectivity index (χ4n) is 1.52. The van der Waals surface area contributed by atoms with Crippen molar-refractivity contribution in [3.05, 3.63) is 23.5 Å². The molecule has 0 unspecified atom stereocenters. The first kappa shape index (κ1) is 14.3. The van der Waals surface area contributed by atoms with E-state index in [1.165, 1.54) is 19.2 Å². The van der Waals surface area contributed by atoms with E-state index in [-0.39, 0.29) is 18.9 Å². The van der Waals surface area contributed by atoms with Gasteiger partial charge in [0, 0.05) is 12.5 Å². The lowest BCUT2D eigenvalue weighted by molar-refractivity contribution is -0.136. The molecule has 0 atom stereocenters.